The normalized spacial score (nSPS) is 19.2. The molecule has 2 fully saturated rings. The Kier molecular flexibility index (Phi) is 8.60. The summed E-state index contributed by atoms with van der Waals surface area (Å²) in [7, 11) is -3.50. The molecular weight excluding hydrogens is 428 g/mol. The lowest BCUT2D eigenvalue weighted by Gasteiger charge is -2.38. The Morgan fingerprint density at radius 2 is 1.69 bits per heavy atom. The molecule has 2 aliphatic rings. The number of hydrogen-bond acceptors (Lipinski definition) is 5. The van der Waals surface area contributed by atoms with E-state index >= 15 is 0 Å². The van der Waals surface area contributed by atoms with E-state index in [2.05, 4.69) is 11.9 Å². The molecule has 174 valence electrons. The van der Waals surface area contributed by atoms with Crippen LogP contribution in [0.25, 0.3) is 6.08 Å². The van der Waals surface area contributed by atoms with Gasteiger partial charge < -0.3 is 10.2 Å². The number of sulfonamides is 1. The predicted octanol–water partition coefficient (Wildman–Crippen LogP) is 1.15. The highest BCUT2D eigenvalue weighted by atomic mass is 32.2. The lowest BCUT2D eigenvalue weighted by Crippen LogP contribution is -2.53. The Morgan fingerprint density at radius 1 is 1.03 bits per heavy atom. The van der Waals surface area contributed by atoms with Gasteiger partial charge >= 0.3 is 0 Å². The fraction of sp³-hybridized carbons (Fsp3) is 0.478. The van der Waals surface area contributed by atoms with Gasteiger partial charge in [0.1, 0.15) is 0 Å². The minimum absolute atomic E-state index is 0.0421. The first kappa shape index (κ1) is 24.2. The van der Waals surface area contributed by atoms with E-state index in [1.165, 1.54) is 9.71 Å². The van der Waals surface area contributed by atoms with Gasteiger partial charge in [0.2, 0.25) is 21.8 Å². The monoisotopic (exact) mass is 460 g/mol. The quantitative estimate of drug-likeness (QED) is 0.588. The molecule has 2 heterocycles. The number of carbonyl (C=O) groups excluding carboxylic acids is 2. The summed E-state index contributed by atoms with van der Waals surface area (Å²) in [5.74, 6) is -0.0980. The van der Waals surface area contributed by atoms with Gasteiger partial charge in [0, 0.05) is 57.1 Å². The molecular formula is C23H32N4O4S. The van der Waals surface area contributed by atoms with Crippen LogP contribution in [0.5, 0.6) is 0 Å². The fourth-order valence-corrected chi connectivity index (χ4v) is 5.22. The van der Waals surface area contributed by atoms with Crippen molar-refractivity contribution >= 4 is 27.9 Å². The SMILES string of the molecule is C=CCNC(=O)CN1CCN(C(=O)C2CCN(S(=O)(=O)/C=C/c3ccccc3)CC2)CC1. The molecule has 1 aromatic rings. The number of amides is 2. The highest BCUT2D eigenvalue weighted by Crippen LogP contribution is 2.23. The van der Waals surface area contributed by atoms with E-state index in [0.29, 0.717) is 65.2 Å². The summed E-state index contributed by atoms with van der Waals surface area (Å²) in [6, 6.07) is 9.31. The molecule has 0 radical (unpaired) electrons. The number of hydrogen-bond donors (Lipinski definition) is 1. The predicted molar refractivity (Wildman–Crippen MR) is 125 cm³/mol. The average Bonchev–Trinajstić information content (AvgIpc) is 2.82. The Labute approximate surface area is 190 Å². The lowest BCUT2D eigenvalue weighted by molar-refractivity contribution is -0.138. The summed E-state index contributed by atoms with van der Waals surface area (Å²) in [6.45, 7) is 7.55. The number of piperidine rings is 1. The summed E-state index contributed by atoms with van der Waals surface area (Å²) in [5, 5.41) is 4.01. The van der Waals surface area contributed by atoms with Crippen LogP contribution in [-0.2, 0) is 19.6 Å². The van der Waals surface area contributed by atoms with Crippen molar-refractivity contribution in [2.24, 2.45) is 5.92 Å². The van der Waals surface area contributed by atoms with Crippen LogP contribution in [0.2, 0.25) is 0 Å². The van der Waals surface area contributed by atoms with E-state index in [-0.39, 0.29) is 17.7 Å². The van der Waals surface area contributed by atoms with Gasteiger partial charge in [-0.15, -0.1) is 6.58 Å². The molecule has 2 aliphatic heterocycles. The number of rotatable bonds is 8. The molecule has 0 saturated carbocycles. The molecule has 0 atom stereocenters. The summed E-state index contributed by atoms with van der Waals surface area (Å²) in [4.78, 5) is 28.6. The van der Waals surface area contributed by atoms with Crippen LogP contribution in [0, 0.1) is 5.92 Å². The van der Waals surface area contributed by atoms with Gasteiger partial charge in [-0.1, -0.05) is 36.4 Å². The van der Waals surface area contributed by atoms with Crippen molar-refractivity contribution in [2.45, 2.75) is 12.8 Å². The second-order valence-corrected chi connectivity index (χ2v) is 9.94. The van der Waals surface area contributed by atoms with E-state index in [1.54, 1.807) is 12.2 Å². The van der Waals surface area contributed by atoms with Crippen LogP contribution < -0.4 is 5.32 Å². The smallest absolute Gasteiger partial charge is 0.236 e. The first-order valence-electron chi connectivity index (χ1n) is 11.0. The largest absolute Gasteiger partial charge is 0.352 e. The molecule has 0 aliphatic carbocycles. The summed E-state index contributed by atoms with van der Waals surface area (Å²) in [5.41, 5.74) is 0.832. The molecule has 1 N–H and O–H groups in total. The number of benzene rings is 1. The minimum Gasteiger partial charge on any atom is -0.352 e. The highest BCUT2D eigenvalue weighted by molar-refractivity contribution is 7.92. The third-order valence-corrected chi connectivity index (χ3v) is 7.45. The molecule has 0 bridgehead atoms. The van der Waals surface area contributed by atoms with E-state index in [1.807, 2.05) is 40.1 Å². The van der Waals surface area contributed by atoms with Crippen LogP contribution in [0.1, 0.15) is 18.4 Å². The zero-order valence-electron chi connectivity index (χ0n) is 18.4. The molecule has 0 spiro atoms. The van der Waals surface area contributed by atoms with E-state index < -0.39 is 10.0 Å². The molecule has 3 rings (SSSR count). The maximum absolute atomic E-state index is 12.9. The lowest BCUT2D eigenvalue weighted by atomic mass is 9.96. The van der Waals surface area contributed by atoms with Crippen LogP contribution in [0.4, 0.5) is 0 Å². The van der Waals surface area contributed by atoms with Crippen molar-refractivity contribution in [3.8, 4) is 0 Å². The maximum atomic E-state index is 12.9. The van der Waals surface area contributed by atoms with E-state index in [0.717, 1.165) is 5.56 Å². The molecule has 8 nitrogen and oxygen atoms in total. The number of nitrogens with zero attached hydrogens (tertiary/aromatic N) is 3. The Morgan fingerprint density at radius 3 is 2.31 bits per heavy atom. The van der Waals surface area contributed by atoms with Gasteiger partial charge in [0.25, 0.3) is 0 Å². The topological polar surface area (TPSA) is 90.0 Å². The standard InChI is InChI=1S/C23H32N4O4S/c1-2-11-24-22(28)19-25-14-16-26(17-15-25)23(29)21-8-12-27(13-9-21)32(30,31)18-10-20-6-4-3-5-7-20/h2-7,10,18,21H,1,8-9,11-17,19H2,(H,24,28)/b18-10+. The summed E-state index contributed by atoms with van der Waals surface area (Å²) >= 11 is 0. The molecule has 0 aromatic heterocycles. The first-order chi connectivity index (χ1) is 15.4. The van der Waals surface area contributed by atoms with Crippen molar-refractivity contribution < 1.29 is 18.0 Å². The van der Waals surface area contributed by atoms with Gasteiger partial charge in [-0.3, -0.25) is 14.5 Å². The second kappa shape index (κ2) is 11.4. The van der Waals surface area contributed by atoms with Gasteiger partial charge in [-0.25, -0.2) is 8.42 Å². The zero-order valence-corrected chi connectivity index (χ0v) is 19.2. The Hall–Kier alpha value is -2.49. The Balaban J connectivity index is 1.44. The van der Waals surface area contributed by atoms with Crippen LogP contribution >= 0.6 is 0 Å². The third-order valence-electron chi connectivity index (χ3n) is 5.89. The molecule has 2 saturated heterocycles. The van der Waals surface area contributed by atoms with Crippen LogP contribution in [-0.4, -0.2) is 86.7 Å². The number of nitrogens with one attached hydrogen (secondary N) is 1. The summed E-state index contributed by atoms with van der Waals surface area (Å²) < 4.78 is 26.7. The van der Waals surface area contributed by atoms with E-state index in [9.17, 15) is 18.0 Å². The number of piperazine rings is 1. The first-order valence-corrected chi connectivity index (χ1v) is 12.5. The van der Waals surface area contributed by atoms with Crippen molar-refractivity contribution in [3.63, 3.8) is 0 Å². The van der Waals surface area contributed by atoms with Crippen LogP contribution in [0.15, 0.2) is 48.4 Å². The maximum Gasteiger partial charge on any atom is 0.236 e. The van der Waals surface area contributed by atoms with Crippen LogP contribution in [0.3, 0.4) is 0 Å². The molecule has 2 amide bonds. The highest BCUT2D eigenvalue weighted by Gasteiger charge is 2.33. The fourth-order valence-electron chi connectivity index (χ4n) is 4.00. The van der Waals surface area contributed by atoms with Crippen molar-refractivity contribution in [3.05, 3.63) is 54.0 Å². The van der Waals surface area contributed by atoms with Gasteiger partial charge in [0.05, 0.1) is 6.54 Å². The Bertz CT molecular complexity index is 917. The molecule has 0 unspecified atom stereocenters. The van der Waals surface area contributed by atoms with Gasteiger partial charge in [-0.2, -0.15) is 4.31 Å². The van der Waals surface area contributed by atoms with E-state index in [4.69, 9.17) is 0 Å². The minimum atomic E-state index is -3.50. The molecule has 1 aromatic carbocycles. The number of carbonyl (C=O) groups is 2. The van der Waals surface area contributed by atoms with Crippen molar-refractivity contribution in [1.29, 1.82) is 0 Å². The molecule has 9 heteroatoms. The zero-order chi connectivity index (χ0) is 23.0. The van der Waals surface area contributed by atoms with Crippen molar-refractivity contribution in [2.75, 3.05) is 52.4 Å². The third kappa shape index (κ3) is 6.75. The molecule has 32 heavy (non-hydrogen) atoms. The second-order valence-electron chi connectivity index (χ2n) is 8.13. The average molecular weight is 461 g/mol. The van der Waals surface area contributed by atoms with Crippen molar-refractivity contribution in [1.82, 2.24) is 19.4 Å². The summed E-state index contributed by atoms with van der Waals surface area (Å²) in [6.07, 6.45) is 4.30. The van der Waals surface area contributed by atoms with Gasteiger partial charge in [0.15, 0.2) is 0 Å². The van der Waals surface area contributed by atoms with Gasteiger partial charge in [-0.05, 0) is 24.5 Å².